The highest BCUT2D eigenvalue weighted by Gasteiger charge is 2.28. The van der Waals surface area contributed by atoms with Crippen LogP contribution in [0.15, 0.2) is 97.5 Å². The highest BCUT2D eigenvalue weighted by Crippen LogP contribution is 2.46. The number of rotatable bonds is 2. The minimum atomic E-state index is -0.918. The minimum Gasteiger partial charge on any atom is -0.478 e. The summed E-state index contributed by atoms with van der Waals surface area (Å²) in [6.07, 6.45) is 5.20. The zero-order valence-electron chi connectivity index (χ0n) is 19.1. The van der Waals surface area contributed by atoms with E-state index in [4.69, 9.17) is 15.8 Å². The largest absolute Gasteiger partial charge is 0.478 e. The van der Waals surface area contributed by atoms with Gasteiger partial charge in [0.2, 0.25) is 0 Å². The maximum Gasteiger partial charge on any atom is 0.336 e. The molecule has 174 valence electrons. The van der Waals surface area contributed by atoms with Gasteiger partial charge in [-0.15, -0.1) is 0 Å². The number of nitrogens with one attached hydrogen (secondary N) is 1. The summed E-state index contributed by atoms with van der Waals surface area (Å²) >= 11 is 0. The van der Waals surface area contributed by atoms with Crippen molar-refractivity contribution < 1.29 is 9.90 Å². The molecule has 7 rings (SSSR count). The Kier molecular flexibility index (Phi) is 5.24. The van der Waals surface area contributed by atoms with Gasteiger partial charge in [0, 0.05) is 23.3 Å². The first kappa shape index (κ1) is 21.6. The second-order valence-corrected chi connectivity index (χ2v) is 8.49. The van der Waals surface area contributed by atoms with Crippen LogP contribution in [0.5, 0.6) is 0 Å². The summed E-state index contributed by atoms with van der Waals surface area (Å²) in [5, 5.41) is 9.53. The Balaban J connectivity index is 0.000000157. The van der Waals surface area contributed by atoms with Crippen molar-refractivity contribution in [2.75, 3.05) is 0 Å². The molecule has 0 aliphatic heterocycles. The predicted octanol–water partition coefficient (Wildman–Crippen LogP) is 5.59. The molecule has 0 saturated carbocycles. The lowest BCUT2D eigenvalue weighted by atomic mass is 9.99. The van der Waals surface area contributed by atoms with Gasteiger partial charge in [0.05, 0.1) is 34.4 Å². The van der Waals surface area contributed by atoms with E-state index < -0.39 is 5.97 Å². The first-order valence-electron chi connectivity index (χ1n) is 11.5. The fourth-order valence-corrected chi connectivity index (χ4v) is 4.76. The molecule has 1 aliphatic carbocycles. The van der Waals surface area contributed by atoms with E-state index in [0.29, 0.717) is 16.5 Å². The Morgan fingerprint density at radius 1 is 0.833 bits per heavy atom. The van der Waals surface area contributed by atoms with E-state index in [1.165, 1.54) is 16.7 Å². The van der Waals surface area contributed by atoms with Crippen LogP contribution in [0.1, 0.15) is 27.5 Å². The molecule has 6 aromatic rings. The van der Waals surface area contributed by atoms with Crippen LogP contribution in [0, 0.1) is 0 Å². The van der Waals surface area contributed by atoms with Crippen molar-refractivity contribution in [2.24, 2.45) is 5.73 Å². The van der Waals surface area contributed by atoms with Gasteiger partial charge in [0.15, 0.2) is 0 Å². The van der Waals surface area contributed by atoms with E-state index in [9.17, 15) is 4.79 Å². The number of H-pyrrole nitrogens is 1. The van der Waals surface area contributed by atoms with Crippen molar-refractivity contribution in [1.29, 1.82) is 0 Å². The Bertz CT molecular complexity index is 1720. The van der Waals surface area contributed by atoms with Crippen LogP contribution in [0.3, 0.4) is 0 Å². The molecule has 0 spiro atoms. The summed E-state index contributed by atoms with van der Waals surface area (Å²) in [7, 11) is 0. The summed E-state index contributed by atoms with van der Waals surface area (Å²) in [5.74, 6) is -0.0626. The van der Waals surface area contributed by atoms with Gasteiger partial charge in [-0.25, -0.2) is 9.78 Å². The van der Waals surface area contributed by atoms with Crippen molar-refractivity contribution in [1.82, 2.24) is 19.9 Å². The molecule has 7 nitrogen and oxygen atoms in total. The number of imidazole rings is 1. The Labute approximate surface area is 206 Å². The van der Waals surface area contributed by atoms with Gasteiger partial charge < -0.3 is 15.8 Å². The van der Waals surface area contributed by atoms with Gasteiger partial charge in [0.25, 0.3) is 0 Å². The molecule has 0 radical (unpaired) electrons. The van der Waals surface area contributed by atoms with Crippen molar-refractivity contribution in [3.8, 4) is 22.5 Å². The zero-order valence-corrected chi connectivity index (χ0v) is 19.1. The van der Waals surface area contributed by atoms with E-state index in [2.05, 4.69) is 45.3 Å². The molecule has 0 fully saturated rings. The molecular formula is C29H21N5O2. The van der Waals surface area contributed by atoms with Crippen LogP contribution < -0.4 is 5.73 Å². The quantitative estimate of drug-likeness (QED) is 0.303. The van der Waals surface area contributed by atoms with Crippen molar-refractivity contribution in [3.63, 3.8) is 0 Å². The molecule has 1 aliphatic rings. The molecule has 1 atom stereocenters. The Morgan fingerprint density at radius 2 is 1.64 bits per heavy atom. The number of carbonyl (C=O) groups is 1. The van der Waals surface area contributed by atoms with Crippen LogP contribution in [-0.4, -0.2) is 31.0 Å². The molecule has 4 N–H and O–H groups in total. The third kappa shape index (κ3) is 3.59. The van der Waals surface area contributed by atoms with Gasteiger partial charge >= 0.3 is 5.97 Å². The summed E-state index contributed by atoms with van der Waals surface area (Å²) in [5.41, 5.74) is 15.1. The number of aromatic amines is 1. The van der Waals surface area contributed by atoms with Crippen LogP contribution in [0.25, 0.3) is 44.5 Å². The number of benzene rings is 3. The number of hydrogen-bond donors (Lipinski definition) is 3. The molecule has 3 heterocycles. The maximum absolute atomic E-state index is 10.8. The van der Waals surface area contributed by atoms with Gasteiger partial charge in [-0.2, -0.15) is 0 Å². The summed E-state index contributed by atoms with van der Waals surface area (Å²) in [4.78, 5) is 27.1. The summed E-state index contributed by atoms with van der Waals surface area (Å²) < 4.78 is 0. The molecule has 0 amide bonds. The number of aromatic nitrogens is 4. The maximum atomic E-state index is 10.8. The standard InChI is InChI=1S/C19H14N4.C10H7NO2/c20-18-12-5-2-1-4-11(12)17-13(18)6-3-7-14(17)19-22-15-8-9-21-10-16(15)23-19;12-10(13)8-3-1-5-9-7(8)4-2-6-11-9/h1-10,18H,20H2,(H,22,23);1-6H,(H,12,13). The molecule has 7 heteroatoms. The van der Waals surface area contributed by atoms with E-state index in [-0.39, 0.29) is 6.04 Å². The van der Waals surface area contributed by atoms with E-state index in [1.807, 2.05) is 18.2 Å². The monoisotopic (exact) mass is 471 g/mol. The molecular weight excluding hydrogens is 450 g/mol. The molecule has 3 aromatic heterocycles. The van der Waals surface area contributed by atoms with E-state index in [1.54, 1.807) is 48.9 Å². The van der Waals surface area contributed by atoms with Crippen LogP contribution in [0.4, 0.5) is 0 Å². The Morgan fingerprint density at radius 3 is 2.50 bits per heavy atom. The fraction of sp³-hybridized carbons (Fsp3) is 0.0345. The molecule has 0 bridgehead atoms. The van der Waals surface area contributed by atoms with Crippen LogP contribution in [-0.2, 0) is 0 Å². The van der Waals surface area contributed by atoms with Crippen molar-refractivity contribution >= 4 is 27.9 Å². The summed E-state index contributed by atoms with van der Waals surface area (Å²) in [6, 6.07) is 25.0. The highest BCUT2D eigenvalue weighted by molar-refractivity contribution is 6.02. The van der Waals surface area contributed by atoms with Gasteiger partial charge in [0.1, 0.15) is 5.82 Å². The second-order valence-electron chi connectivity index (χ2n) is 8.49. The van der Waals surface area contributed by atoms with Crippen molar-refractivity contribution in [2.45, 2.75) is 6.04 Å². The average Bonchev–Trinajstić information content (AvgIpc) is 3.48. The number of carboxylic acids is 1. The predicted molar refractivity (Wildman–Crippen MR) is 139 cm³/mol. The van der Waals surface area contributed by atoms with Gasteiger partial charge in [-0.3, -0.25) is 9.97 Å². The first-order chi connectivity index (χ1) is 17.6. The number of pyridine rings is 2. The third-order valence-corrected chi connectivity index (χ3v) is 6.41. The SMILES string of the molecule is NC1c2ccccc2-c2c(-c3nc4ccncc4[nH]3)cccc21.O=C(O)c1cccc2ncccc12. The van der Waals surface area contributed by atoms with Gasteiger partial charge in [-0.05, 0) is 46.5 Å². The lowest BCUT2D eigenvalue weighted by molar-refractivity contribution is 0.0699. The molecule has 1 unspecified atom stereocenters. The molecule has 3 aromatic carbocycles. The minimum absolute atomic E-state index is 0.0767. The average molecular weight is 472 g/mol. The number of fused-ring (bicyclic) bond motifs is 5. The normalized spacial score (nSPS) is 13.6. The molecule has 36 heavy (non-hydrogen) atoms. The fourth-order valence-electron chi connectivity index (χ4n) is 4.76. The number of hydrogen-bond acceptors (Lipinski definition) is 5. The lowest BCUT2D eigenvalue weighted by Gasteiger charge is -2.08. The van der Waals surface area contributed by atoms with Crippen molar-refractivity contribution in [3.05, 3.63) is 114 Å². The highest BCUT2D eigenvalue weighted by atomic mass is 16.4. The first-order valence-corrected chi connectivity index (χ1v) is 11.5. The number of carboxylic acid groups (broad SMARTS) is 1. The van der Waals surface area contributed by atoms with Gasteiger partial charge in [-0.1, -0.05) is 54.6 Å². The number of nitrogens with zero attached hydrogens (tertiary/aromatic N) is 3. The lowest BCUT2D eigenvalue weighted by Crippen LogP contribution is -2.07. The Hall–Kier alpha value is -4.88. The molecule has 0 saturated heterocycles. The summed E-state index contributed by atoms with van der Waals surface area (Å²) in [6.45, 7) is 0. The van der Waals surface area contributed by atoms with E-state index in [0.717, 1.165) is 28.0 Å². The topological polar surface area (TPSA) is 118 Å². The third-order valence-electron chi connectivity index (χ3n) is 6.41. The number of aromatic carboxylic acids is 1. The van der Waals surface area contributed by atoms with E-state index >= 15 is 0 Å². The second kappa shape index (κ2) is 8.72. The number of nitrogens with two attached hydrogens (primary N) is 1. The van der Waals surface area contributed by atoms with Crippen LogP contribution >= 0.6 is 0 Å². The zero-order chi connectivity index (χ0) is 24.6. The van der Waals surface area contributed by atoms with Crippen LogP contribution in [0.2, 0.25) is 0 Å². The smallest absolute Gasteiger partial charge is 0.336 e.